The molecule has 0 aromatic heterocycles. The van der Waals surface area contributed by atoms with Crippen LogP contribution in [0.3, 0.4) is 0 Å². The summed E-state index contributed by atoms with van der Waals surface area (Å²) in [5, 5.41) is 11.9. The van der Waals surface area contributed by atoms with Gasteiger partial charge in [0.1, 0.15) is 5.75 Å². The van der Waals surface area contributed by atoms with Crippen molar-refractivity contribution in [2.24, 2.45) is 0 Å². The molecule has 0 fully saturated rings. The molecule has 0 atom stereocenters. The maximum atomic E-state index is 13.6. The molecule has 0 aliphatic rings. The smallest absolute Gasteiger partial charge is 0.229 e. The van der Waals surface area contributed by atoms with Crippen molar-refractivity contribution in [2.45, 2.75) is 6.42 Å². The number of phenolic OH excluding ortho intramolecular Hbond substituents is 1. The van der Waals surface area contributed by atoms with E-state index in [0.29, 0.717) is 5.56 Å². The number of carbonyl (C=O) groups is 1. The molecule has 98 valence electrons. The maximum Gasteiger partial charge on any atom is 0.229 e. The second-order valence-corrected chi connectivity index (χ2v) is 4.36. The molecule has 3 nitrogen and oxygen atoms in total. The molecule has 2 N–H and O–H groups in total. The first-order chi connectivity index (χ1) is 9.08. The topological polar surface area (TPSA) is 49.3 Å². The van der Waals surface area contributed by atoms with E-state index in [9.17, 15) is 14.3 Å². The van der Waals surface area contributed by atoms with Crippen LogP contribution in [0, 0.1) is 5.82 Å². The Hall–Kier alpha value is -2.07. The van der Waals surface area contributed by atoms with Crippen molar-refractivity contribution in [3.8, 4) is 5.75 Å². The number of hydrogen-bond acceptors (Lipinski definition) is 2. The molecule has 19 heavy (non-hydrogen) atoms. The predicted octanol–water partition coefficient (Wildman–Crippen LogP) is 3.37. The molecule has 0 aliphatic heterocycles. The summed E-state index contributed by atoms with van der Waals surface area (Å²) in [5.74, 6) is -1.07. The number of halogens is 2. The molecule has 0 heterocycles. The zero-order valence-electron chi connectivity index (χ0n) is 9.86. The molecule has 0 aliphatic carbocycles. The largest absolute Gasteiger partial charge is 0.508 e. The number of para-hydroxylation sites is 1. The number of aromatic hydroxyl groups is 1. The van der Waals surface area contributed by atoms with Crippen LogP contribution in [0.5, 0.6) is 5.75 Å². The Bertz CT molecular complexity index is 616. The van der Waals surface area contributed by atoms with Crippen molar-refractivity contribution >= 4 is 23.2 Å². The minimum Gasteiger partial charge on any atom is -0.508 e. The lowest BCUT2D eigenvalue weighted by atomic mass is 10.1. The van der Waals surface area contributed by atoms with Crippen LogP contribution in [0.1, 0.15) is 5.56 Å². The van der Waals surface area contributed by atoms with Gasteiger partial charge in [0, 0.05) is 5.56 Å². The fraction of sp³-hybridized carbons (Fsp3) is 0.0714. The molecular formula is C14H11ClFNO2. The zero-order chi connectivity index (χ0) is 13.8. The number of nitrogens with one attached hydrogen (secondary N) is 1. The predicted molar refractivity (Wildman–Crippen MR) is 71.9 cm³/mol. The standard InChI is InChI=1S/C14H11ClFNO2/c15-10-5-3-6-11(14(10)16)17-13(19)8-9-4-1-2-7-12(9)18/h1-7,18H,8H2,(H,17,19). The van der Waals surface area contributed by atoms with E-state index in [0.717, 1.165) is 0 Å². The van der Waals surface area contributed by atoms with Crippen molar-refractivity contribution in [3.05, 3.63) is 58.9 Å². The Kier molecular flexibility index (Phi) is 4.02. The molecule has 0 spiro atoms. The van der Waals surface area contributed by atoms with Crippen LogP contribution < -0.4 is 5.32 Å². The van der Waals surface area contributed by atoms with Crippen LogP contribution in [-0.2, 0) is 11.2 Å². The van der Waals surface area contributed by atoms with Gasteiger partial charge in [-0.3, -0.25) is 4.79 Å². The maximum absolute atomic E-state index is 13.6. The summed E-state index contributed by atoms with van der Waals surface area (Å²) in [6, 6.07) is 10.8. The Morgan fingerprint density at radius 1 is 1.21 bits per heavy atom. The lowest BCUT2D eigenvalue weighted by Crippen LogP contribution is -2.15. The van der Waals surface area contributed by atoms with Crippen LogP contribution in [0.4, 0.5) is 10.1 Å². The summed E-state index contributed by atoms with van der Waals surface area (Å²) in [5.41, 5.74) is 0.496. The Labute approximate surface area is 114 Å². The van der Waals surface area contributed by atoms with E-state index >= 15 is 0 Å². The lowest BCUT2D eigenvalue weighted by Gasteiger charge is -2.08. The monoisotopic (exact) mass is 279 g/mol. The highest BCUT2D eigenvalue weighted by Crippen LogP contribution is 2.22. The van der Waals surface area contributed by atoms with Crippen molar-refractivity contribution in [2.75, 3.05) is 5.32 Å². The van der Waals surface area contributed by atoms with Gasteiger partial charge in [-0.1, -0.05) is 35.9 Å². The average molecular weight is 280 g/mol. The minimum absolute atomic E-state index is 0.0212. The first-order valence-electron chi connectivity index (χ1n) is 5.58. The van der Waals surface area contributed by atoms with Crippen molar-refractivity contribution in [3.63, 3.8) is 0 Å². The van der Waals surface area contributed by atoms with Gasteiger partial charge in [0.05, 0.1) is 17.1 Å². The quantitative estimate of drug-likeness (QED) is 0.905. The molecule has 1 amide bonds. The van der Waals surface area contributed by atoms with Gasteiger partial charge in [0.25, 0.3) is 0 Å². The first-order valence-corrected chi connectivity index (χ1v) is 5.96. The molecule has 0 unspecified atom stereocenters. The van der Waals surface area contributed by atoms with Gasteiger partial charge in [-0.05, 0) is 18.2 Å². The van der Waals surface area contributed by atoms with Crippen molar-refractivity contribution in [1.82, 2.24) is 0 Å². The lowest BCUT2D eigenvalue weighted by molar-refractivity contribution is -0.115. The van der Waals surface area contributed by atoms with Crippen LogP contribution >= 0.6 is 11.6 Å². The number of phenols is 1. The SMILES string of the molecule is O=C(Cc1ccccc1O)Nc1cccc(Cl)c1F. The summed E-state index contributed by atoms with van der Waals surface area (Å²) in [4.78, 5) is 11.8. The van der Waals surface area contributed by atoms with Crippen molar-refractivity contribution < 1.29 is 14.3 Å². The molecule has 0 saturated carbocycles. The van der Waals surface area contributed by atoms with E-state index in [1.54, 1.807) is 24.3 Å². The van der Waals surface area contributed by atoms with Crippen LogP contribution in [0.2, 0.25) is 5.02 Å². The average Bonchev–Trinajstić information content (AvgIpc) is 2.38. The fourth-order valence-electron chi connectivity index (χ4n) is 1.63. The number of amides is 1. The van der Waals surface area contributed by atoms with Gasteiger partial charge in [0.15, 0.2) is 5.82 Å². The second-order valence-electron chi connectivity index (χ2n) is 3.96. The Morgan fingerprint density at radius 3 is 2.68 bits per heavy atom. The molecule has 5 heteroatoms. The van der Waals surface area contributed by atoms with Gasteiger partial charge in [-0.15, -0.1) is 0 Å². The van der Waals surface area contributed by atoms with Gasteiger partial charge in [0.2, 0.25) is 5.91 Å². The van der Waals surface area contributed by atoms with E-state index in [2.05, 4.69) is 5.32 Å². The summed E-state index contributed by atoms with van der Waals surface area (Å²) in [7, 11) is 0. The van der Waals surface area contributed by atoms with Crippen LogP contribution in [-0.4, -0.2) is 11.0 Å². The fourth-order valence-corrected chi connectivity index (χ4v) is 1.80. The molecule has 2 rings (SSSR count). The number of benzene rings is 2. The molecule has 2 aromatic rings. The normalized spacial score (nSPS) is 10.2. The van der Waals surface area contributed by atoms with Crippen LogP contribution in [0.25, 0.3) is 0 Å². The van der Waals surface area contributed by atoms with E-state index in [-0.39, 0.29) is 22.9 Å². The Morgan fingerprint density at radius 2 is 1.95 bits per heavy atom. The Balaban J connectivity index is 2.10. The second kappa shape index (κ2) is 5.71. The minimum atomic E-state index is -0.671. The third kappa shape index (κ3) is 3.23. The first kappa shape index (κ1) is 13.4. The van der Waals surface area contributed by atoms with Gasteiger partial charge in [-0.25, -0.2) is 4.39 Å². The zero-order valence-corrected chi connectivity index (χ0v) is 10.6. The highest BCUT2D eigenvalue weighted by molar-refractivity contribution is 6.31. The summed E-state index contributed by atoms with van der Waals surface area (Å²) >= 11 is 5.62. The number of anilines is 1. The molecular weight excluding hydrogens is 269 g/mol. The van der Waals surface area contributed by atoms with E-state index in [1.165, 1.54) is 18.2 Å². The molecule has 0 bridgehead atoms. The van der Waals surface area contributed by atoms with Gasteiger partial charge < -0.3 is 10.4 Å². The third-order valence-corrected chi connectivity index (χ3v) is 2.86. The number of carbonyl (C=O) groups excluding carboxylic acids is 1. The van der Waals surface area contributed by atoms with Crippen molar-refractivity contribution in [1.29, 1.82) is 0 Å². The van der Waals surface area contributed by atoms with E-state index < -0.39 is 11.7 Å². The summed E-state index contributed by atoms with van der Waals surface area (Å²) in [6.07, 6.45) is -0.0430. The summed E-state index contributed by atoms with van der Waals surface area (Å²) < 4.78 is 13.6. The number of hydrogen-bond donors (Lipinski definition) is 2. The van der Waals surface area contributed by atoms with Gasteiger partial charge in [-0.2, -0.15) is 0 Å². The highest BCUT2D eigenvalue weighted by atomic mass is 35.5. The summed E-state index contributed by atoms with van der Waals surface area (Å²) in [6.45, 7) is 0. The molecule has 0 saturated heterocycles. The van der Waals surface area contributed by atoms with Crippen LogP contribution in [0.15, 0.2) is 42.5 Å². The van der Waals surface area contributed by atoms with E-state index in [4.69, 9.17) is 11.6 Å². The molecule has 2 aromatic carbocycles. The van der Waals surface area contributed by atoms with E-state index in [1.807, 2.05) is 0 Å². The molecule has 0 radical (unpaired) electrons. The third-order valence-electron chi connectivity index (χ3n) is 2.57. The number of rotatable bonds is 3. The highest BCUT2D eigenvalue weighted by Gasteiger charge is 2.11. The van der Waals surface area contributed by atoms with Gasteiger partial charge >= 0.3 is 0 Å².